The van der Waals surface area contributed by atoms with Crippen molar-refractivity contribution in [3.05, 3.63) is 35.4 Å². The third-order valence-corrected chi connectivity index (χ3v) is 4.73. The molecule has 1 aliphatic carbocycles. The molecule has 3 N–H and O–H groups in total. The highest BCUT2D eigenvalue weighted by molar-refractivity contribution is 5.74. The van der Waals surface area contributed by atoms with Crippen LogP contribution in [-0.4, -0.2) is 30.9 Å². The monoisotopic (exact) mass is 334 g/mol. The van der Waals surface area contributed by atoms with Gasteiger partial charge in [-0.1, -0.05) is 43.5 Å². The average molecular weight is 334 g/mol. The van der Waals surface area contributed by atoms with Gasteiger partial charge in [-0.25, -0.2) is 4.79 Å². The molecule has 0 aromatic heterocycles. The van der Waals surface area contributed by atoms with Crippen molar-refractivity contribution in [1.82, 2.24) is 10.6 Å². The van der Waals surface area contributed by atoms with Crippen LogP contribution in [0, 0.1) is 5.92 Å². The van der Waals surface area contributed by atoms with Crippen molar-refractivity contribution < 1.29 is 14.6 Å². The molecule has 0 bridgehead atoms. The molecule has 2 rings (SSSR count). The van der Waals surface area contributed by atoms with Gasteiger partial charge in [0.2, 0.25) is 0 Å². The number of hydrogen-bond acceptors (Lipinski definition) is 3. The lowest BCUT2D eigenvalue weighted by Crippen LogP contribution is -2.46. The predicted octanol–water partition coefficient (Wildman–Crippen LogP) is 2.96. The Morgan fingerprint density at radius 1 is 1.29 bits per heavy atom. The van der Waals surface area contributed by atoms with E-state index in [4.69, 9.17) is 4.74 Å². The highest BCUT2D eigenvalue weighted by atomic mass is 16.5. The topological polar surface area (TPSA) is 70.6 Å². The van der Waals surface area contributed by atoms with Gasteiger partial charge in [-0.15, -0.1) is 0 Å². The summed E-state index contributed by atoms with van der Waals surface area (Å²) in [5.41, 5.74) is 2.15. The number of amides is 2. The molecule has 1 atom stereocenters. The molecule has 0 aliphatic heterocycles. The maximum absolute atomic E-state index is 12.2. The second kappa shape index (κ2) is 10.3. The third kappa shape index (κ3) is 6.13. The van der Waals surface area contributed by atoms with Crippen LogP contribution in [-0.2, 0) is 17.9 Å². The van der Waals surface area contributed by atoms with E-state index in [1.165, 1.54) is 19.3 Å². The Hall–Kier alpha value is -1.59. The molecule has 1 aromatic rings. The summed E-state index contributed by atoms with van der Waals surface area (Å²) in [6.07, 6.45) is 6.64. The normalized spacial score (nSPS) is 16.6. The number of benzene rings is 1. The Bertz CT molecular complexity index is 501. The van der Waals surface area contributed by atoms with Crippen LogP contribution in [0.3, 0.4) is 0 Å². The van der Waals surface area contributed by atoms with Gasteiger partial charge in [-0.3, -0.25) is 0 Å². The molecule has 1 aromatic carbocycles. The van der Waals surface area contributed by atoms with Crippen molar-refractivity contribution >= 4 is 6.03 Å². The van der Waals surface area contributed by atoms with Gasteiger partial charge in [0.25, 0.3) is 0 Å². The number of hydrogen-bond donors (Lipinski definition) is 3. The van der Waals surface area contributed by atoms with E-state index >= 15 is 0 Å². The molecule has 1 fully saturated rings. The lowest BCUT2D eigenvalue weighted by molar-refractivity contribution is 0.185. The van der Waals surface area contributed by atoms with Crippen LogP contribution >= 0.6 is 0 Å². The van der Waals surface area contributed by atoms with E-state index in [1.807, 2.05) is 24.3 Å². The van der Waals surface area contributed by atoms with Crippen molar-refractivity contribution in [3.63, 3.8) is 0 Å². The largest absolute Gasteiger partial charge is 0.396 e. The molecule has 1 aliphatic rings. The number of aliphatic hydroxyl groups is 1. The third-order valence-electron chi connectivity index (χ3n) is 4.73. The van der Waals surface area contributed by atoms with Crippen LogP contribution in [0.15, 0.2) is 24.3 Å². The predicted molar refractivity (Wildman–Crippen MR) is 94.6 cm³/mol. The van der Waals surface area contributed by atoms with Crippen molar-refractivity contribution in [2.75, 3.05) is 13.7 Å². The van der Waals surface area contributed by atoms with Gasteiger partial charge < -0.3 is 20.5 Å². The first-order chi connectivity index (χ1) is 11.7. The second-order valence-electron chi connectivity index (χ2n) is 6.60. The number of rotatable bonds is 8. The van der Waals surface area contributed by atoms with Crippen molar-refractivity contribution in [2.24, 2.45) is 5.92 Å². The van der Waals surface area contributed by atoms with Gasteiger partial charge >= 0.3 is 6.03 Å². The molecule has 0 radical (unpaired) electrons. The van der Waals surface area contributed by atoms with Crippen LogP contribution < -0.4 is 10.6 Å². The minimum absolute atomic E-state index is 0.0649. The zero-order chi connectivity index (χ0) is 17.2. The molecule has 0 heterocycles. The fraction of sp³-hybridized carbons (Fsp3) is 0.632. The Labute approximate surface area is 144 Å². The first kappa shape index (κ1) is 18.7. The first-order valence-corrected chi connectivity index (χ1v) is 8.95. The maximum atomic E-state index is 12.2. The Morgan fingerprint density at radius 3 is 2.75 bits per heavy atom. The molecule has 5 nitrogen and oxygen atoms in total. The Morgan fingerprint density at radius 2 is 2.04 bits per heavy atom. The van der Waals surface area contributed by atoms with Gasteiger partial charge in [0.05, 0.1) is 6.61 Å². The maximum Gasteiger partial charge on any atom is 0.315 e. The van der Waals surface area contributed by atoms with E-state index in [9.17, 15) is 9.90 Å². The smallest absolute Gasteiger partial charge is 0.315 e. The highest BCUT2D eigenvalue weighted by Crippen LogP contribution is 2.27. The fourth-order valence-electron chi connectivity index (χ4n) is 3.50. The molecule has 0 saturated heterocycles. The lowest BCUT2D eigenvalue weighted by atomic mass is 9.83. The summed E-state index contributed by atoms with van der Waals surface area (Å²) < 4.78 is 5.13. The van der Waals surface area contributed by atoms with Gasteiger partial charge in [0.1, 0.15) is 0 Å². The summed E-state index contributed by atoms with van der Waals surface area (Å²) in [6.45, 7) is 1.17. The second-order valence-corrected chi connectivity index (χ2v) is 6.60. The molecule has 1 unspecified atom stereocenters. The Kier molecular flexibility index (Phi) is 8.05. The number of nitrogens with one attached hydrogen (secondary N) is 2. The summed E-state index contributed by atoms with van der Waals surface area (Å²) in [7, 11) is 1.67. The standard InChI is InChI=1S/C19H30N2O3/c1-24-14-16-7-5-6-15(12-16)13-20-19(23)21-18(10-11-22)17-8-3-2-4-9-17/h5-7,12,17-18,22H,2-4,8-11,13-14H2,1H3,(H2,20,21,23). The summed E-state index contributed by atoms with van der Waals surface area (Å²) in [4.78, 5) is 12.2. The number of aliphatic hydroxyl groups excluding tert-OH is 1. The van der Waals surface area contributed by atoms with E-state index in [1.54, 1.807) is 7.11 Å². The number of methoxy groups -OCH3 is 1. The van der Waals surface area contributed by atoms with E-state index in [0.717, 1.165) is 24.0 Å². The number of ether oxygens (including phenoxy) is 1. The molecular formula is C19H30N2O3. The van der Waals surface area contributed by atoms with Gasteiger partial charge in [0.15, 0.2) is 0 Å². The zero-order valence-corrected chi connectivity index (χ0v) is 14.6. The van der Waals surface area contributed by atoms with E-state index in [-0.39, 0.29) is 18.7 Å². The van der Waals surface area contributed by atoms with Crippen LogP contribution in [0.2, 0.25) is 0 Å². The van der Waals surface area contributed by atoms with Gasteiger partial charge in [-0.2, -0.15) is 0 Å². The highest BCUT2D eigenvalue weighted by Gasteiger charge is 2.24. The van der Waals surface area contributed by atoms with Crippen molar-refractivity contribution in [2.45, 2.75) is 57.7 Å². The summed E-state index contributed by atoms with van der Waals surface area (Å²) in [6, 6.07) is 7.92. The Balaban J connectivity index is 1.83. The number of urea groups is 1. The molecule has 1 saturated carbocycles. The van der Waals surface area contributed by atoms with E-state index < -0.39 is 0 Å². The minimum atomic E-state index is -0.156. The van der Waals surface area contributed by atoms with Crippen molar-refractivity contribution in [1.29, 1.82) is 0 Å². The molecule has 5 heteroatoms. The zero-order valence-electron chi connectivity index (χ0n) is 14.6. The average Bonchev–Trinajstić information content (AvgIpc) is 2.61. The first-order valence-electron chi connectivity index (χ1n) is 8.95. The van der Waals surface area contributed by atoms with Gasteiger partial charge in [-0.05, 0) is 36.3 Å². The van der Waals surface area contributed by atoms with E-state index in [0.29, 0.717) is 25.5 Å². The number of carbonyl (C=O) groups excluding carboxylic acids is 1. The molecular weight excluding hydrogens is 304 g/mol. The fourth-order valence-corrected chi connectivity index (χ4v) is 3.50. The molecule has 0 spiro atoms. The minimum Gasteiger partial charge on any atom is -0.396 e. The van der Waals surface area contributed by atoms with Crippen molar-refractivity contribution in [3.8, 4) is 0 Å². The molecule has 2 amide bonds. The molecule has 24 heavy (non-hydrogen) atoms. The van der Waals surface area contributed by atoms with Gasteiger partial charge in [0, 0.05) is 26.3 Å². The summed E-state index contributed by atoms with van der Waals surface area (Å²) in [5, 5.41) is 15.3. The van der Waals surface area contributed by atoms with E-state index in [2.05, 4.69) is 10.6 Å². The number of carbonyl (C=O) groups is 1. The summed E-state index contributed by atoms with van der Waals surface area (Å²) in [5.74, 6) is 0.488. The van der Waals surface area contributed by atoms with Crippen LogP contribution in [0.25, 0.3) is 0 Å². The lowest BCUT2D eigenvalue weighted by Gasteiger charge is -2.30. The van der Waals surface area contributed by atoms with Crippen LogP contribution in [0.1, 0.15) is 49.7 Å². The quantitative estimate of drug-likeness (QED) is 0.684. The van der Waals surface area contributed by atoms with Crippen LogP contribution in [0.5, 0.6) is 0 Å². The summed E-state index contributed by atoms with van der Waals surface area (Å²) >= 11 is 0. The SMILES string of the molecule is COCc1cccc(CNC(=O)NC(CCO)C2CCCCC2)c1. The molecule has 134 valence electrons. The van der Waals surface area contributed by atoms with Crippen LogP contribution in [0.4, 0.5) is 4.79 Å².